The lowest BCUT2D eigenvalue weighted by atomic mass is 10.3. The molecule has 0 bridgehead atoms. The van der Waals surface area contributed by atoms with Crippen molar-refractivity contribution >= 4 is 6.09 Å². The summed E-state index contributed by atoms with van der Waals surface area (Å²) in [5.74, 6) is 0.587. The second-order valence-electron chi connectivity index (χ2n) is 3.06. The number of carbonyl (C=O) groups excluding carboxylic acids is 1. The third-order valence-electron chi connectivity index (χ3n) is 2.02. The van der Waals surface area contributed by atoms with Gasteiger partial charge in [0.25, 0.3) is 0 Å². The summed E-state index contributed by atoms with van der Waals surface area (Å²) in [6.07, 6.45) is 3.61. The maximum atomic E-state index is 11.5. The minimum atomic E-state index is -0.291. The van der Waals surface area contributed by atoms with Crippen molar-refractivity contribution in [1.29, 1.82) is 0 Å². The Morgan fingerprint density at radius 2 is 1.79 bits per heavy atom. The van der Waals surface area contributed by atoms with Crippen LogP contribution in [0.25, 0.3) is 0 Å². The van der Waals surface area contributed by atoms with Crippen molar-refractivity contribution < 1.29 is 9.53 Å². The minimum absolute atomic E-state index is 0.291. The Labute approximate surface area is 82.6 Å². The third-order valence-corrected chi connectivity index (χ3v) is 2.02. The molecule has 0 N–H and O–H groups in total. The van der Waals surface area contributed by atoms with E-state index in [9.17, 15) is 4.79 Å². The molecule has 14 heavy (non-hydrogen) atoms. The highest BCUT2D eigenvalue weighted by Crippen LogP contribution is 2.11. The number of ether oxygens (including phenoxy) is 1. The lowest BCUT2D eigenvalue weighted by Crippen LogP contribution is -2.30. The third kappa shape index (κ3) is 1.93. The van der Waals surface area contributed by atoms with Crippen LogP contribution in [0.3, 0.4) is 0 Å². The van der Waals surface area contributed by atoms with Gasteiger partial charge in [0.05, 0.1) is 0 Å². The molecule has 3 nitrogen and oxygen atoms in total. The van der Waals surface area contributed by atoms with Crippen molar-refractivity contribution in [3.05, 3.63) is 42.5 Å². The van der Waals surface area contributed by atoms with Gasteiger partial charge in [0, 0.05) is 13.1 Å². The summed E-state index contributed by atoms with van der Waals surface area (Å²) in [4.78, 5) is 13.1. The molecule has 3 heteroatoms. The van der Waals surface area contributed by atoms with Crippen molar-refractivity contribution in [2.45, 2.75) is 0 Å². The zero-order valence-electron chi connectivity index (χ0n) is 7.72. The van der Waals surface area contributed by atoms with E-state index in [1.54, 1.807) is 17.0 Å². The SMILES string of the molecule is O=C(Oc1ccccc1)N1CC=CC1. The van der Waals surface area contributed by atoms with Crippen LogP contribution in [0.4, 0.5) is 4.79 Å². The predicted molar refractivity (Wildman–Crippen MR) is 53.2 cm³/mol. The number of rotatable bonds is 1. The van der Waals surface area contributed by atoms with Crippen LogP contribution in [0.1, 0.15) is 0 Å². The van der Waals surface area contributed by atoms with Crippen molar-refractivity contribution in [2.75, 3.05) is 13.1 Å². The Morgan fingerprint density at radius 3 is 2.43 bits per heavy atom. The van der Waals surface area contributed by atoms with Crippen LogP contribution >= 0.6 is 0 Å². The first-order chi connectivity index (χ1) is 6.86. The van der Waals surface area contributed by atoms with Gasteiger partial charge < -0.3 is 9.64 Å². The first kappa shape index (κ1) is 8.81. The second-order valence-corrected chi connectivity index (χ2v) is 3.06. The predicted octanol–water partition coefficient (Wildman–Crippen LogP) is 2.06. The number of nitrogens with zero attached hydrogens (tertiary/aromatic N) is 1. The van der Waals surface area contributed by atoms with Crippen molar-refractivity contribution in [1.82, 2.24) is 4.90 Å². The highest BCUT2D eigenvalue weighted by Gasteiger charge is 2.15. The Kier molecular flexibility index (Phi) is 2.49. The number of hydrogen-bond acceptors (Lipinski definition) is 2. The van der Waals surface area contributed by atoms with Gasteiger partial charge in [0.2, 0.25) is 0 Å². The smallest absolute Gasteiger partial charge is 0.410 e. The van der Waals surface area contributed by atoms with Gasteiger partial charge in [0.15, 0.2) is 0 Å². The van der Waals surface area contributed by atoms with E-state index in [0.717, 1.165) is 0 Å². The molecule has 0 spiro atoms. The van der Waals surface area contributed by atoms with Gasteiger partial charge in [-0.15, -0.1) is 0 Å². The summed E-state index contributed by atoms with van der Waals surface area (Å²) in [5, 5.41) is 0. The van der Waals surface area contributed by atoms with E-state index in [0.29, 0.717) is 18.8 Å². The lowest BCUT2D eigenvalue weighted by Gasteiger charge is -2.14. The monoisotopic (exact) mass is 189 g/mol. The molecule has 1 aromatic rings. The number of benzene rings is 1. The highest BCUT2D eigenvalue weighted by atomic mass is 16.6. The molecular formula is C11H11NO2. The van der Waals surface area contributed by atoms with Crippen molar-refractivity contribution in [3.8, 4) is 5.75 Å². The van der Waals surface area contributed by atoms with Gasteiger partial charge in [-0.2, -0.15) is 0 Å². The number of carbonyl (C=O) groups is 1. The fourth-order valence-electron chi connectivity index (χ4n) is 1.28. The largest absolute Gasteiger partial charge is 0.415 e. The summed E-state index contributed by atoms with van der Waals surface area (Å²) in [6, 6.07) is 9.09. The average molecular weight is 189 g/mol. The zero-order valence-corrected chi connectivity index (χ0v) is 7.72. The standard InChI is InChI=1S/C11H11NO2/c13-11(12-8-4-5-9-12)14-10-6-2-1-3-7-10/h1-7H,8-9H2. The molecule has 1 aliphatic rings. The first-order valence-electron chi connectivity index (χ1n) is 4.53. The molecule has 0 fully saturated rings. The van der Waals surface area contributed by atoms with E-state index < -0.39 is 0 Å². The summed E-state index contributed by atoms with van der Waals surface area (Å²) in [5.41, 5.74) is 0. The Bertz CT molecular complexity index is 338. The van der Waals surface area contributed by atoms with Crippen LogP contribution < -0.4 is 4.74 Å². The van der Waals surface area contributed by atoms with Gasteiger partial charge >= 0.3 is 6.09 Å². The van der Waals surface area contributed by atoms with Crippen molar-refractivity contribution in [2.24, 2.45) is 0 Å². The van der Waals surface area contributed by atoms with E-state index in [2.05, 4.69) is 0 Å². The molecule has 2 rings (SSSR count). The van der Waals surface area contributed by atoms with Crippen LogP contribution in [0.15, 0.2) is 42.5 Å². The van der Waals surface area contributed by atoms with E-state index in [4.69, 9.17) is 4.74 Å². The maximum Gasteiger partial charge on any atom is 0.415 e. The van der Waals surface area contributed by atoms with Crippen LogP contribution in [0.2, 0.25) is 0 Å². The quantitative estimate of drug-likeness (QED) is 0.633. The molecule has 0 saturated heterocycles. The first-order valence-corrected chi connectivity index (χ1v) is 4.53. The fraction of sp³-hybridized carbons (Fsp3) is 0.182. The Balaban J connectivity index is 1.95. The molecule has 1 amide bonds. The lowest BCUT2D eigenvalue weighted by molar-refractivity contribution is 0.164. The second kappa shape index (κ2) is 3.96. The molecule has 0 unspecified atom stereocenters. The van der Waals surface area contributed by atoms with Gasteiger partial charge in [0.1, 0.15) is 5.75 Å². The molecule has 0 aliphatic carbocycles. The molecule has 72 valence electrons. The topological polar surface area (TPSA) is 29.5 Å². The average Bonchev–Trinajstić information content (AvgIpc) is 2.72. The van der Waals surface area contributed by atoms with Crippen LogP contribution in [0, 0.1) is 0 Å². The van der Waals surface area contributed by atoms with Gasteiger partial charge in [-0.3, -0.25) is 0 Å². The van der Waals surface area contributed by atoms with Gasteiger partial charge in [-0.05, 0) is 12.1 Å². The Morgan fingerprint density at radius 1 is 1.14 bits per heavy atom. The normalized spacial score (nSPS) is 14.4. The molecule has 1 aromatic carbocycles. The minimum Gasteiger partial charge on any atom is -0.410 e. The van der Waals surface area contributed by atoms with Crippen molar-refractivity contribution in [3.63, 3.8) is 0 Å². The highest BCUT2D eigenvalue weighted by molar-refractivity contribution is 5.71. The molecule has 0 aromatic heterocycles. The molecule has 0 saturated carbocycles. The van der Waals surface area contributed by atoms with Crippen LogP contribution in [-0.2, 0) is 0 Å². The summed E-state index contributed by atoms with van der Waals surface area (Å²) >= 11 is 0. The Hall–Kier alpha value is -1.77. The fourth-order valence-corrected chi connectivity index (χ4v) is 1.28. The zero-order chi connectivity index (χ0) is 9.80. The number of hydrogen-bond donors (Lipinski definition) is 0. The number of amides is 1. The summed E-state index contributed by atoms with van der Waals surface area (Å²) in [6.45, 7) is 1.29. The molecule has 1 aliphatic heterocycles. The number of para-hydroxylation sites is 1. The van der Waals surface area contributed by atoms with E-state index in [1.807, 2.05) is 30.4 Å². The van der Waals surface area contributed by atoms with Gasteiger partial charge in [-0.1, -0.05) is 30.4 Å². The molecular weight excluding hydrogens is 178 g/mol. The summed E-state index contributed by atoms with van der Waals surface area (Å²) < 4.78 is 5.15. The maximum absolute atomic E-state index is 11.5. The molecule has 0 atom stereocenters. The van der Waals surface area contributed by atoms with E-state index >= 15 is 0 Å². The van der Waals surface area contributed by atoms with E-state index in [-0.39, 0.29) is 6.09 Å². The van der Waals surface area contributed by atoms with Crippen LogP contribution in [-0.4, -0.2) is 24.1 Å². The van der Waals surface area contributed by atoms with Crippen LogP contribution in [0.5, 0.6) is 5.75 Å². The summed E-state index contributed by atoms with van der Waals surface area (Å²) in [7, 11) is 0. The van der Waals surface area contributed by atoms with Gasteiger partial charge in [-0.25, -0.2) is 4.79 Å². The van der Waals surface area contributed by atoms with E-state index in [1.165, 1.54) is 0 Å². The molecule has 0 radical (unpaired) electrons. The molecule has 1 heterocycles.